The monoisotopic (exact) mass is 267 g/mol. The highest BCUT2D eigenvalue weighted by Gasteiger charge is 2.50. The zero-order chi connectivity index (χ0) is 14.5. The van der Waals surface area contributed by atoms with Gasteiger partial charge in [0.05, 0.1) is 18.1 Å². The molecule has 0 saturated heterocycles. The molecular formula is C13H22BNO4. The highest BCUT2D eigenvalue weighted by atomic mass is 16.5. The van der Waals surface area contributed by atoms with Gasteiger partial charge in [-0.1, -0.05) is 13.3 Å². The molecule has 6 heteroatoms. The first-order chi connectivity index (χ1) is 8.92. The van der Waals surface area contributed by atoms with Gasteiger partial charge in [0.1, 0.15) is 0 Å². The van der Waals surface area contributed by atoms with Gasteiger partial charge in [0.25, 0.3) is 0 Å². The Morgan fingerprint density at radius 2 is 2.26 bits per heavy atom. The zero-order valence-corrected chi connectivity index (χ0v) is 11.6. The second-order valence-corrected chi connectivity index (χ2v) is 5.27. The maximum atomic E-state index is 12.2. The highest BCUT2D eigenvalue weighted by molar-refractivity contribution is 6.57. The van der Waals surface area contributed by atoms with Crippen LogP contribution < -0.4 is 5.32 Å². The quantitative estimate of drug-likeness (QED) is 0.429. The summed E-state index contributed by atoms with van der Waals surface area (Å²) in [6, 6.07) is -0.175. The third-order valence-electron chi connectivity index (χ3n) is 3.83. The first kappa shape index (κ1) is 16.0. The molecule has 106 valence electrons. The van der Waals surface area contributed by atoms with Gasteiger partial charge in [-0.2, -0.15) is 0 Å². The Morgan fingerprint density at radius 3 is 2.79 bits per heavy atom. The van der Waals surface area contributed by atoms with Gasteiger partial charge in [0, 0.05) is 6.04 Å². The van der Waals surface area contributed by atoms with Gasteiger partial charge in [-0.15, -0.1) is 0 Å². The predicted octanol–water partition coefficient (Wildman–Crippen LogP) is 1.13. The molecule has 0 aromatic rings. The summed E-state index contributed by atoms with van der Waals surface area (Å²) in [5.41, 5.74) is -0.916. The molecule has 19 heavy (non-hydrogen) atoms. The number of aliphatic hydroxyl groups excluding tert-OH is 1. The van der Waals surface area contributed by atoms with E-state index >= 15 is 0 Å². The number of unbranched alkanes of at least 4 members (excludes halogenated alkanes) is 1. The van der Waals surface area contributed by atoms with Crippen LogP contribution in [-0.2, 0) is 9.53 Å². The van der Waals surface area contributed by atoms with Crippen molar-refractivity contribution in [2.75, 3.05) is 6.61 Å². The molecule has 1 aliphatic rings. The fourth-order valence-electron chi connectivity index (χ4n) is 2.59. The number of hydrogen-bond donors (Lipinski definition) is 2. The Morgan fingerprint density at radius 1 is 1.58 bits per heavy atom. The van der Waals surface area contributed by atoms with Gasteiger partial charge in [-0.05, 0) is 32.6 Å². The van der Waals surface area contributed by atoms with Crippen molar-refractivity contribution < 1.29 is 19.4 Å². The predicted molar refractivity (Wildman–Crippen MR) is 71.9 cm³/mol. The van der Waals surface area contributed by atoms with E-state index in [0.29, 0.717) is 25.9 Å². The van der Waals surface area contributed by atoms with E-state index in [2.05, 4.69) is 5.32 Å². The van der Waals surface area contributed by atoms with Crippen LogP contribution in [0, 0.1) is 5.41 Å². The number of amides is 1. The number of nitrogens with one attached hydrogen (secondary N) is 1. The molecule has 0 bridgehead atoms. The van der Waals surface area contributed by atoms with Crippen molar-refractivity contribution in [1.82, 2.24) is 5.32 Å². The number of carbonyl (C=O) groups excluding carboxylic acids is 2. The van der Waals surface area contributed by atoms with Crippen molar-refractivity contribution in [1.29, 1.82) is 0 Å². The Bertz CT molecular complexity index is 335. The molecule has 1 fully saturated rings. The Hall–Kier alpha value is -1.04. The zero-order valence-electron chi connectivity index (χ0n) is 11.6. The van der Waals surface area contributed by atoms with E-state index in [9.17, 15) is 14.7 Å². The summed E-state index contributed by atoms with van der Waals surface area (Å²) in [6.07, 6.45) is 2.45. The average Bonchev–Trinajstić information content (AvgIpc) is 2.73. The number of hydrogen-bond acceptors (Lipinski definition) is 4. The second-order valence-electron chi connectivity index (χ2n) is 5.27. The molecule has 1 saturated carbocycles. The van der Waals surface area contributed by atoms with Crippen molar-refractivity contribution in [3.8, 4) is 0 Å². The van der Waals surface area contributed by atoms with Crippen LogP contribution in [-0.4, -0.2) is 43.5 Å². The van der Waals surface area contributed by atoms with E-state index in [1.165, 1.54) is 0 Å². The van der Waals surface area contributed by atoms with Crippen molar-refractivity contribution in [3.05, 3.63) is 0 Å². The standard InChI is InChI=1S/C13H22BNO4/c1-3-4-7-19-11(17)13(9(2)16)6-5-10(8-13)15-12(14)18/h9-10,16H,3-8H2,1-2H3,(H,15,18)/t9?,10-,13+/m1/s1. The van der Waals surface area contributed by atoms with Crippen molar-refractivity contribution >= 4 is 19.6 Å². The van der Waals surface area contributed by atoms with Crippen LogP contribution >= 0.6 is 0 Å². The van der Waals surface area contributed by atoms with E-state index in [4.69, 9.17) is 12.6 Å². The lowest BCUT2D eigenvalue weighted by Crippen LogP contribution is -2.42. The Balaban J connectivity index is 2.66. The minimum atomic E-state index is -0.916. The van der Waals surface area contributed by atoms with Gasteiger partial charge < -0.3 is 15.2 Å². The first-order valence-corrected chi connectivity index (χ1v) is 6.83. The van der Waals surface area contributed by atoms with Crippen LogP contribution in [0.1, 0.15) is 46.0 Å². The van der Waals surface area contributed by atoms with Crippen LogP contribution in [0.4, 0.5) is 4.79 Å². The Kier molecular flexibility index (Phi) is 5.85. The number of carbonyl (C=O) groups is 2. The Labute approximate surface area is 115 Å². The molecular weight excluding hydrogens is 245 g/mol. The number of esters is 1. The van der Waals surface area contributed by atoms with E-state index in [1.54, 1.807) is 6.92 Å². The van der Waals surface area contributed by atoms with Crippen LogP contribution in [0.3, 0.4) is 0 Å². The molecule has 0 aromatic heterocycles. The maximum Gasteiger partial charge on any atom is 0.314 e. The van der Waals surface area contributed by atoms with E-state index in [-0.39, 0.29) is 12.0 Å². The second kappa shape index (κ2) is 6.94. The van der Waals surface area contributed by atoms with E-state index < -0.39 is 17.3 Å². The van der Waals surface area contributed by atoms with Crippen LogP contribution in [0.2, 0.25) is 0 Å². The van der Waals surface area contributed by atoms with Crippen molar-refractivity contribution in [3.63, 3.8) is 0 Å². The van der Waals surface area contributed by atoms with Gasteiger partial charge in [-0.3, -0.25) is 9.59 Å². The maximum absolute atomic E-state index is 12.2. The summed E-state index contributed by atoms with van der Waals surface area (Å²) >= 11 is 0. The summed E-state index contributed by atoms with van der Waals surface area (Å²) in [7, 11) is 5.08. The molecule has 2 N–H and O–H groups in total. The lowest BCUT2D eigenvalue weighted by atomic mass is 9.80. The van der Waals surface area contributed by atoms with Gasteiger partial charge in [-0.25, -0.2) is 0 Å². The van der Waals surface area contributed by atoms with E-state index in [1.807, 2.05) is 6.92 Å². The van der Waals surface area contributed by atoms with Crippen LogP contribution in [0.5, 0.6) is 0 Å². The SMILES string of the molecule is [B]C(=O)N[C@@H]1CC[C@@](C(=O)OCCCC)(C(C)O)C1. The first-order valence-electron chi connectivity index (χ1n) is 6.83. The summed E-state index contributed by atoms with van der Waals surface area (Å²) in [4.78, 5) is 23.0. The molecule has 0 heterocycles. The normalized spacial score (nSPS) is 27.8. The topological polar surface area (TPSA) is 75.6 Å². The summed E-state index contributed by atoms with van der Waals surface area (Å²) in [5, 5.41) is 12.5. The molecule has 2 radical (unpaired) electrons. The van der Waals surface area contributed by atoms with E-state index in [0.717, 1.165) is 12.8 Å². The minimum absolute atomic E-state index is 0.175. The molecule has 1 amide bonds. The number of ether oxygens (including phenoxy) is 1. The highest BCUT2D eigenvalue weighted by Crippen LogP contribution is 2.42. The molecule has 0 spiro atoms. The third kappa shape index (κ3) is 3.96. The smallest absolute Gasteiger partial charge is 0.314 e. The van der Waals surface area contributed by atoms with Gasteiger partial charge in [0.2, 0.25) is 7.85 Å². The fourth-order valence-corrected chi connectivity index (χ4v) is 2.59. The van der Waals surface area contributed by atoms with Crippen molar-refractivity contribution in [2.45, 2.75) is 58.1 Å². The fraction of sp³-hybridized carbons (Fsp3) is 0.846. The third-order valence-corrected chi connectivity index (χ3v) is 3.83. The largest absolute Gasteiger partial charge is 0.465 e. The van der Waals surface area contributed by atoms with Gasteiger partial charge in [0.15, 0.2) is 5.81 Å². The summed E-state index contributed by atoms with van der Waals surface area (Å²) < 4.78 is 5.24. The summed E-state index contributed by atoms with van der Waals surface area (Å²) in [5.74, 6) is -0.976. The molecule has 3 atom stereocenters. The summed E-state index contributed by atoms with van der Waals surface area (Å²) in [6.45, 7) is 3.98. The average molecular weight is 267 g/mol. The number of aliphatic hydroxyl groups is 1. The lowest BCUT2D eigenvalue weighted by molar-refractivity contribution is -0.162. The molecule has 1 unspecified atom stereocenters. The molecule has 1 aliphatic carbocycles. The lowest BCUT2D eigenvalue weighted by Gasteiger charge is -2.30. The molecule has 0 aromatic carbocycles. The van der Waals surface area contributed by atoms with Crippen LogP contribution in [0.15, 0.2) is 0 Å². The minimum Gasteiger partial charge on any atom is -0.465 e. The molecule has 0 aliphatic heterocycles. The van der Waals surface area contributed by atoms with Gasteiger partial charge >= 0.3 is 5.97 Å². The van der Waals surface area contributed by atoms with Crippen LogP contribution in [0.25, 0.3) is 0 Å². The molecule has 5 nitrogen and oxygen atoms in total. The number of rotatable bonds is 6. The van der Waals surface area contributed by atoms with Crippen molar-refractivity contribution in [2.24, 2.45) is 5.41 Å². The molecule has 1 rings (SSSR count).